The molecule has 33 heavy (non-hydrogen) atoms. The normalized spacial score (nSPS) is 19.0. The maximum Gasteiger partial charge on any atom is 0.432 e. The summed E-state index contributed by atoms with van der Waals surface area (Å²) in [6.45, 7) is 2.09. The highest BCUT2D eigenvalue weighted by Gasteiger charge is 2.42. The quantitative estimate of drug-likeness (QED) is 0.307. The van der Waals surface area contributed by atoms with Crippen molar-refractivity contribution >= 4 is 0 Å². The fourth-order valence-corrected chi connectivity index (χ4v) is 4.12. The minimum Gasteiger partial charge on any atom is -0.429 e. The Hall–Kier alpha value is -2.95. The molecule has 1 aliphatic carbocycles. The van der Waals surface area contributed by atoms with Crippen molar-refractivity contribution in [3.63, 3.8) is 0 Å². The van der Waals surface area contributed by atoms with Gasteiger partial charge in [0.1, 0.15) is 46.2 Å². The number of unbranched alkanes of at least 4 members (excludes halogenated alkanes) is 1. The maximum absolute atomic E-state index is 14.6. The van der Waals surface area contributed by atoms with Crippen molar-refractivity contribution in [1.82, 2.24) is 0 Å². The summed E-state index contributed by atoms with van der Waals surface area (Å²) in [5.41, 5.74) is -2.34. The van der Waals surface area contributed by atoms with Gasteiger partial charge in [0.25, 0.3) is 0 Å². The molecule has 0 radical (unpaired) electrons. The minimum absolute atomic E-state index is 0.157. The third-order valence-electron chi connectivity index (χ3n) is 5.84. The summed E-state index contributed by atoms with van der Waals surface area (Å²) >= 11 is 0. The summed E-state index contributed by atoms with van der Waals surface area (Å²) in [5, 5.41) is 8.65. The van der Waals surface area contributed by atoms with Crippen molar-refractivity contribution in [1.29, 1.82) is 5.26 Å². The second-order valence-electron chi connectivity index (χ2n) is 8.18. The van der Waals surface area contributed by atoms with Crippen LogP contribution in [0.25, 0.3) is 0 Å². The van der Waals surface area contributed by atoms with Gasteiger partial charge in [0.15, 0.2) is 0 Å². The van der Waals surface area contributed by atoms with E-state index in [0.717, 1.165) is 37.8 Å². The lowest BCUT2D eigenvalue weighted by molar-refractivity contribution is -0.189. The number of hydrogen-bond acceptors (Lipinski definition) is 2. The molecule has 176 valence electrons. The molecule has 1 aliphatic rings. The summed E-state index contributed by atoms with van der Waals surface area (Å²) in [4.78, 5) is 0. The molecule has 2 aromatic rings. The van der Waals surface area contributed by atoms with Gasteiger partial charge < -0.3 is 4.74 Å². The fraction of sp³-hybridized carbons (Fsp3) is 0.400. The van der Waals surface area contributed by atoms with E-state index in [2.05, 4.69) is 23.8 Å². The molecule has 1 fully saturated rings. The van der Waals surface area contributed by atoms with Crippen LogP contribution in [-0.4, -0.2) is 0 Å². The third-order valence-corrected chi connectivity index (χ3v) is 5.84. The van der Waals surface area contributed by atoms with Crippen molar-refractivity contribution in [3.8, 4) is 11.8 Å². The number of nitriles is 1. The topological polar surface area (TPSA) is 33.0 Å². The molecular formula is C25H23F6NO. The van der Waals surface area contributed by atoms with Crippen LogP contribution in [0.2, 0.25) is 0 Å². The lowest BCUT2D eigenvalue weighted by Gasteiger charge is -2.28. The summed E-state index contributed by atoms with van der Waals surface area (Å²) in [7, 11) is 0. The first-order valence-electron chi connectivity index (χ1n) is 10.8. The van der Waals surface area contributed by atoms with Gasteiger partial charge in [0.05, 0.1) is 0 Å². The van der Waals surface area contributed by atoms with Gasteiger partial charge >= 0.3 is 6.11 Å². The lowest BCUT2D eigenvalue weighted by Crippen LogP contribution is -2.26. The maximum atomic E-state index is 14.6. The molecule has 0 aromatic heterocycles. The Balaban J connectivity index is 1.78. The van der Waals surface area contributed by atoms with Gasteiger partial charge in [-0.2, -0.15) is 14.0 Å². The molecule has 1 saturated carbocycles. The second kappa shape index (κ2) is 10.3. The van der Waals surface area contributed by atoms with E-state index in [4.69, 9.17) is 5.26 Å². The molecule has 0 bridgehead atoms. The molecule has 0 amide bonds. The second-order valence-corrected chi connectivity index (χ2v) is 8.18. The van der Waals surface area contributed by atoms with E-state index in [0.29, 0.717) is 30.9 Å². The standard InChI is InChI=1S/C25H23F6NO/c1-2-3-4-5-15-6-8-16(9-7-15)17-10-22(28)24(23(29)11-17)25(30,31)33-18-12-20(26)19(14-32)21(27)13-18/h4-5,10-13,15-16H,2-3,6-9H2,1H3. The number of nitrogens with zero attached hydrogens (tertiary/aromatic N) is 1. The van der Waals surface area contributed by atoms with Crippen molar-refractivity contribution < 1.29 is 31.1 Å². The highest BCUT2D eigenvalue weighted by atomic mass is 19.3. The molecular weight excluding hydrogens is 444 g/mol. The van der Waals surface area contributed by atoms with Crippen LogP contribution in [0.15, 0.2) is 36.4 Å². The Labute approximate surface area is 188 Å². The highest BCUT2D eigenvalue weighted by Crippen LogP contribution is 2.40. The van der Waals surface area contributed by atoms with Crippen LogP contribution in [0, 0.1) is 40.5 Å². The van der Waals surface area contributed by atoms with Gasteiger partial charge in [0, 0.05) is 12.1 Å². The zero-order valence-electron chi connectivity index (χ0n) is 18.0. The third kappa shape index (κ3) is 5.70. The summed E-state index contributed by atoms with van der Waals surface area (Å²) in [6, 6.07) is 3.69. The number of alkyl halides is 2. The van der Waals surface area contributed by atoms with Gasteiger partial charge in [-0.1, -0.05) is 25.5 Å². The molecule has 0 N–H and O–H groups in total. The lowest BCUT2D eigenvalue weighted by atomic mass is 9.78. The SMILES string of the molecule is CCCC=CC1CCC(c2cc(F)c(C(F)(F)Oc3cc(F)c(C#N)c(F)c3)c(F)c2)CC1. The molecule has 0 aliphatic heterocycles. The van der Waals surface area contributed by atoms with Crippen molar-refractivity contribution in [3.05, 3.63) is 76.4 Å². The predicted octanol–water partition coefficient (Wildman–Crippen LogP) is 7.87. The van der Waals surface area contributed by atoms with Gasteiger partial charge in [-0.05, 0) is 61.6 Å². The van der Waals surface area contributed by atoms with E-state index in [9.17, 15) is 26.3 Å². The zero-order valence-corrected chi connectivity index (χ0v) is 18.0. The van der Waals surface area contributed by atoms with Crippen LogP contribution in [-0.2, 0) is 6.11 Å². The van der Waals surface area contributed by atoms with Crippen LogP contribution in [0.4, 0.5) is 26.3 Å². The van der Waals surface area contributed by atoms with Crippen molar-refractivity contribution in [2.45, 2.75) is 57.5 Å². The number of benzene rings is 2. The van der Waals surface area contributed by atoms with Crippen molar-refractivity contribution in [2.75, 3.05) is 0 Å². The molecule has 3 rings (SSSR count). The minimum atomic E-state index is -4.54. The molecule has 8 heteroatoms. The summed E-state index contributed by atoms with van der Waals surface area (Å²) in [5.74, 6) is -6.64. The van der Waals surface area contributed by atoms with Gasteiger partial charge in [-0.3, -0.25) is 0 Å². The van der Waals surface area contributed by atoms with E-state index in [1.54, 1.807) is 0 Å². The summed E-state index contributed by atoms with van der Waals surface area (Å²) < 4.78 is 90.0. The Morgan fingerprint density at radius 2 is 1.55 bits per heavy atom. The number of hydrogen-bond donors (Lipinski definition) is 0. The molecule has 0 spiro atoms. The molecule has 0 heterocycles. The Kier molecular flexibility index (Phi) is 7.72. The average Bonchev–Trinajstić information content (AvgIpc) is 2.73. The highest BCUT2D eigenvalue weighted by molar-refractivity contribution is 5.39. The van der Waals surface area contributed by atoms with Crippen molar-refractivity contribution in [2.24, 2.45) is 5.92 Å². The molecule has 2 aromatic carbocycles. The van der Waals surface area contributed by atoms with Crippen LogP contribution in [0.3, 0.4) is 0 Å². The first-order valence-corrected chi connectivity index (χ1v) is 10.8. The summed E-state index contributed by atoms with van der Waals surface area (Å²) in [6.07, 6.45) is 4.84. The van der Waals surface area contributed by atoms with E-state index >= 15 is 0 Å². The molecule has 0 unspecified atom stereocenters. The van der Waals surface area contributed by atoms with Crippen LogP contribution in [0.1, 0.15) is 68.1 Å². The molecule has 0 saturated heterocycles. The zero-order chi connectivity index (χ0) is 24.2. The number of ether oxygens (including phenoxy) is 1. The van der Waals surface area contributed by atoms with Gasteiger partial charge in [-0.15, -0.1) is 0 Å². The average molecular weight is 467 g/mol. The number of allylic oxidation sites excluding steroid dienone is 2. The van der Waals surface area contributed by atoms with Gasteiger partial charge in [0.2, 0.25) is 0 Å². The first-order chi connectivity index (χ1) is 15.7. The van der Waals surface area contributed by atoms with Crippen LogP contribution >= 0.6 is 0 Å². The van der Waals surface area contributed by atoms with Gasteiger partial charge in [-0.25, -0.2) is 17.6 Å². The van der Waals surface area contributed by atoms with Crippen LogP contribution in [0.5, 0.6) is 5.75 Å². The fourth-order valence-electron chi connectivity index (χ4n) is 4.12. The predicted molar refractivity (Wildman–Crippen MR) is 111 cm³/mol. The molecule has 0 atom stereocenters. The first kappa shape index (κ1) is 24.7. The Bertz CT molecular complexity index is 1020. The molecule has 2 nitrogen and oxygen atoms in total. The Morgan fingerprint density at radius 3 is 2.06 bits per heavy atom. The number of rotatable bonds is 7. The van der Waals surface area contributed by atoms with E-state index in [-0.39, 0.29) is 11.5 Å². The van der Waals surface area contributed by atoms with E-state index in [1.807, 2.05) is 0 Å². The monoisotopic (exact) mass is 467 g/mol. The van der Waals surface area contributed by atoms with E-state index in [1.165, 1.54) is 6.07 Å². The van der Waals surface area contributed by atoms with Crippen LogP contribution < -0.4 is 4.74 Å². The van der Waals surface area contributed by atoms with E-state index < -0.39 is 46.3 Å². The largest absolute Gasteiger partial charge is 0.432 e. The number of halogens is 6. The smallest absolute Gasteiger partial charge is 0.429 e. The Morgan fingerprint density at radius 1 is 0.970 bits per heavy atom.